The zero-order valence-corrected chi connectivity index (χ0v) is 14.7. The van der Waals surface area contributed by atoms with Crippen LogP contribution in [0, 0.1) is 6.92 Å². The fourth-order valence-corrected chi connectivity index (χ4v) is 2.72. The minimum Gasteiger partial charge on any atom is -0.482 e. The van der Waals surface area contributed by atoms with E-state index in [2.05, 4.69) is 10.0 Å². The van der Waals surface area contributed by atoms with Crippen molar-refractivity contribution in [2.75, 3.05) is 22.9 Å². The number of hydrogen-bond donors (Lipinski definition) is 2. The highest BCUT2D eigenvalue weighted by atomic mass is 35.5. The molecule has 0 spiro atoms. The van der Waals surface area contributed by atoms with Gasteiger partial charge in [-0.3, -0.25) is 9.52 Å². The Bertz CT molecular complexity index is 853. The molecule has 0 saturated carbocycles. The largest absolute Gasteiger partial charge is 0.482 e. The van der Waals surface area contributed by atoms with Crippen LogP contribution in [0.4, 0.5) is 11.4 Å². The maximum absolute atomic E-state index is 12.0. The molecule has 1 amide bonds. The molecule has 24 heavy (non-hydrogen) atoms. The molecule has 0 aromatic heterocycles. The molecule has 0 bridgehead atoms. The monoisotopic (exact) mass is 368 g/mol. The van der Waals surface area contributed by atoms with Gasteiger partial charge in [-0.05, 0) is 36.8 Å². The number of ether oxygens (including phenoxy) is 1. The molecule has 2 rings (SSSR count). The number of carbonyl (C=O) groups is 1. The Labute approximate surface area is 145 Å². The first-order valence-electron chi connectivity index (χ1n) is 7.00. The van der Waals surface area contributed by atoms with Crippen molar-refractivity contribution < 1.29 is 17.9 Å². The molecule has 0 aliphatic carbocycles. The molecule has 128 valence electrons. The van der Waals surface area contributed by atoms with Crippen LogP contribution in [-0.4, -0.2) is 27.2 Å². The van der Waals surface area contributed by atoms with Crippen molar-refractivity contribution in [3.63, 3.8) is 0 Å². The average molecular weight is 369 g/mol. The molecule has 0 fully saturated rings. The summed E-state index contributed by atoms with van der Waals surface area (Å²) in [7, 11) is -3.40. The molecule has 0 aliphatic heterocycles. The number of anilines is 2. The van der Waals surface area contributed by atoms with E-state index in [9.17, 15) is 13.2 Å². The van der Waals surface area contributed by atoms with E-state index < -0.39 is 10.0 Å². The van der Waals surface area contributed by atoms with Gasteiger partial charge in [0, 0.05) is 5.69 Å². The molecule has 2 aromatic rings. The Kier molecular flexibility index (Phi) is 5.69. The van der Waals surface area contributed by atoms with Crippen LogP contribution in [0.15, 0.2) is 42.5 Å². The first-order valence-corrected chi connectivity index (χ1v) is 9.27. The highest BCUT2D eigenvalue weighted by molar-refractivity contribution is 7.92. The highest BCUT2D eigenvalue weighted by Crippen LogP contribution is 2.23. The zero-order valence-electron chi connectivity index (χ0n) is 13.2. The van der Waals surface area contributed by atoms with Crippen LogP contribution < -0.4 is 14.8 Å². The van der Waals surface area contributed by atoms with Gasteiger partial charge < -0.3 is 10.1 Å². The maximum Gasteiger partial charge on any atom is 0.262 e. The van der Waals surface area contributed by atoms with Gasteiger partial charge in [-0.15, -0.1) is 0 Å². The summed E-state index contributed by atoms with van der Waals surface area (Å²) in [6.07, 6.45) is 1.06. The van der Waals surface area contributed by atoms with Crippen molar-refractivity contribution in [1.82, 2.24) is 0 Å². The lowest BCUT2D eigenvalue weighted by molar-refractivity contribution is -0.118. The van der Waals surface area contributed by atoms with Crippen molar-refractivity contribution in [2.45, 2.75) is 6.92 Å². The molecule has 2 N–H and O–H groups in total. The van der Waals surface area contributed by atoms with Crippen LogP contribution in [-0.2, 0) is 14.8 Å². The minimum atomic E-state index is -3.40. The van der Waals surface area contributed by atoms with Gasteiger partial charge in [0.25, 0.3) is 5.91 Å². The third kappa shape index (κ3) is 5.43. The van der Waals surface area contributed by atoms with Crippen molar-refractivity contribution in [3.8, 4) is 5.75 Å². The summed E-state index contributed by atoms with van der Waals surface area (Å²) in [6.45, 7) is 1.55. The predicted molar refractivity (Wildman–Crippen MR) is 95.2 cm³/mol. The third-order valence-electron chi connectivity index (χ3n) is 3.01. The normalized spacial score (nSPS) is 11.0. The van der Waals surface area contributed by atoms with E-state index >= 15 is 0 Å². The van der Waals surface area contributed by atoms with Gasteiger partial charge in [-0.2, -0.15) is 0 Å². The summed E-state index contributed by atoms with van der Waals surface area (Å²) in [4.78, 5) is 12.0. The van der Waals surface area contributed by atoms with E-state index in [4.69, 9.17) is 16.3 Å². The molecule has 0 heterocycles. The number of nitrogens with one attached hydrogen (secondary N) is 2. The number of aryl methyl sites for hydroxylation is 1. The topological polar surface area (TPSA) is 84.5 Å². The molecule has 0 aliphatic rings. The molecule has 2 aromatic carbocycles. The Morgan fingerprint density at radius 1 is 1.21 bits per heavy atom. The number of sulfonamides is 1. The zero-order chi connectivity index (χ0) is 17.7. The van der Waals surface area contributed by atoms with E-state index in [0.717, 1.165) is 11.8 Å². The third-order valence-corrected chi connectivity index (χ3v) is 3.92. The van der Waals surface area contributed by atoms with E-state index in [-0.39, 0.29) is 12.5 Å². The summed E-state index contributed by atoms with van der Waals surface area (Å²) >= 11 is 5.95. The summed E-state index contributed by atoms with van der Waals surface area (Å²) < 4.78 is 30.4. The Morgan fingerprint density at radius 2 is 1.92 bits per heavy atom. The van der Waals surface area contributed by atoms with Crippen molar-refractivity contribution in [2.24, 2.45) is 0 Å². The summed E-state index contributed by atoms with van der Waals surface area (Å²) in [5, 5.41) is 3.06. The van der Waals surface area contributed by atoms with Gasteiger partial charge in [-0.25, -0.2) is 8.42 Å². The standard InChI is InChI=1S/C16H17ClN2O4S/c1-11-7-8-12(9-14(11)19-24(2,21)22)18-16(20)10-23-15-6-4-3-5-13(15)17/h3-9,19H,10H2,1-2H3,(H,18,20). The van der Waals surface area contributed by atoms with Crippen LogP contribution >= 0.6 is 11.6 Å². The van der Waals surface area contributed by atoms with Gasteiger partial charge in [0.05, 0.1) is 17.0 Å². The first kappa shape index (κ1) is 18.1. The van der Waals surface area contributed by atoms with E-state index in [0.29, 0.717) is 22.1 Å². The smallest absolute Gasteiger partial charge is 0.262 e. The maximum atomic E-state index is 12.0. The molecular formula is C16H17ClN2O4S. The second-order valence-electron chi connectivity index (χ2n) is 5.17. The average Bonchev–Trinajstić information content (AvgIpc) is 2.48. The number of halogens is 1. The quantitative estimate of drug-likeness (QED) is 0.820. The molecule has 0 radical (unpaired) electrons. The molecule has 0 saturated heterocycles. The lowest BCUT2D eigenvalue weighted by Crippen LogP contribution is -2.20. The van der Waals surface area contributed by atoms with Crippen molar-refractivity contribution >= 4 is 38.9 Å². The second kappa shape index (κ2) is 7.55. The van der Waals surface area contributed by atoms with E-state index in [1.165, 1.54) is 0 Å². The molecule has 0 unspecified atom stereocenters. The fourth-order valence-electron chi connectivity index (χ4n) is 1.91. The van der Waals surface area contributed by atoms with Gasteiger partial charge in [0.1, 0.15) is 5.75 Å². The fraction of sp³-hybridized carbons (Fsp3) is 0.188. The van der Waals surface area contributed by atoms with Crippen LogP contribution in [0.1, 0.15) is 5.56 Å². The molecule has 6 nitrogen and oxygen atoms in total. The van der Waals surface area contributed by atoms with Crippen molar-refractivity contribution in [1.29, 1.82) is 0 Å². The second-order valence-corrected chi connectivity index (χ2v) is 7.33. The highest BCUT2D eigenvalue weighted by Gasteiger charge is 2.09. The molecular weight excluding hydrogens is 352 g/mol. The number of rotatable bonds is 6. The molecule has 0 atom stereocenters. The van der Waals surface area contributed by atoms with E-state index in [1.54, 1.807) is 49.4 Å². The Balaban J connectivity index is 2.01. The Hall–Kier alpha value is -2.25. The number of amides is 1. The number of hydrogen-bond acceptors (Lipinski definition) is 4. The summed E-state index contributed by atoms with van der Waals surface area (Å²) in [6, 6.07) is 11.8. The number of carbonyl (C=O) groups excluding carboxylic acids is 1. The molecule has 8 heteroatoms. The minimum absolute atomic E-state index is 0.216. The lowest BCUT2D eigenvalue weighted by Gasteiger charge is -2.12. The predicted octanol–water partition coefficient (Wildman–Crippen LogP) is 3.04. The van der Waals surface area contributed by atoms with Gasteiger partial charge >= 0.3 is 0 Å². The van der Waals surface area contributed by atoms with Crippen molar-refractivity contribution in [3.05, 3.63) is 53.1 Å². The Morgan fingerprint density at radius 3 is 2.58 bits per heavy atom. The van der Waals surface area contributed by atoms with E-state index in [1.807, 2.05) is 0 Å². The van der Waals surface area contributed by atoms with Gasteiger partial charge in [0.2, 0.25) is 10.0 Å². The van der Waals surface area contributed by atoms with Crippen LogP contribution in [0.2, 0.25) is 5.02 Å². The van der Waals surface area contributed by atoms with Crippen LogP contribution in [0.25, 0.3) is 0 Å². The number of para-hydroxylation sites is 1. The summed E-state index contributed by atoms with van der Waals surface area (Å²) in [5.74, 6) is 0.0294. The number of benzene rings is 2. The van der Waals surface area contributed by atoms with Crippen LogP contribution in [0.5, 0.6) is 5.75 Å². The lowest BCUT2D eigenvalue weighted by atomic mass is 10.2. The SMILES string of the molecule is Cc1ccc(NC(=O)COc2ccccc2Cl)cc1NS(C)(=O)=O. The van der Waals surface area contributed by atoms with Crippen LogP contribution in [0.3, 0.4) is 0 Å². The summed E-state index contributed by atoms with van der Waals surface area (Å²) in [5.41, 5.74) is 1.60. The first-order chi connectivity index (χ1) is 11.2. The van der Waals surface area contributed by atoms with Gasteiger partial charge in [-0.1, -0.05) is 29.8 Å². The van der Waals surface area contributed by atoms with Gasteiger partial charge in [0.15, 0.2) is 6.61 Å².